The lowest BCUT2D eigenvalue weighted by atomic mass is 10.0. The number of thiophene rings is 1. The van der Waals surface area contributed by atoms with E-state index in [4.69, 9.17) is 5.73 Å². The molecule has 0 radical (unpaired) electrons. The molecule has 96 valence electrons. The summed E-state index contributed by atoms with van der Waals surface area (Å²) in [4.78, 5) is 12.2. The molecule has 18 heavy (non-hydrogen) atoms. The lowest BCUT2D eigenvalue weighted by molar-refractivity contribution is 0.0930. The largest absolute Gasteiger partial charge is 0.348 e. The number of hydrogen-bond acceptors (Lipinski definition) is 3. The minimum Gasteiger partial charge on any atom is -0.348 e. The Hall–Kier alpha value is -1.39. The fraction of sp³-hybridized carbons (Fsp3) is 0.357. The highest BCUT2D eigenvalue weighted by molar-refractivity contribution is 7.17. The van der Waals surface area contributed by atoms with Crippen LogP contribution in [0.3, 0.4) is 0 Å². The third-order valence-corrected chi connectivity index (χ3v) is 4.06. The van der Waals surface area contributed by atoms with Crippen LogP contribution in [-0.4, -0.2) is 18.5 Å². The first kappa shape index (κ1) is 13.1. The maximum Gasteiger partial charge on any atom is 0.253 e. The van der Waals surface area contributed by atoms with E-state index in [1.807, 2.05) is 29.6 Å². The summed E-state index contributed by atoms with van der Waals surface area (Å²) in [5.74, 6) is 0.306. The van der Waals surface area contributed by atoms with E-state index in [2.05, 4.69) is 19.2 Å². The average Bonchev–Trinajstić information content (AvgIpc) is 2.79. The molecule has 1 aromatic heterocycles. The summed E-state index contributed by atoms with van der Waals surface area (Å²) < 4.78 is 1.14. The predicted molar refractivity (Wildman–Crippen MR) is 77.0 cm³/mol. The molecule has 0 aliphatic carbocycles. The summed E-state index contributed by atoms with van der Waals surface area (Å²) >= 11 is 1.59. The van der Waals surface area contributed by atoms with Gasteiger partial charge in [-0.2, -0.15) is 0 Å². The molecule has 3 nitrogen and oxygen atoms in total. The minimum absolute atomic E-state index is 0.0242. The van der Waals surface area contributed by atoms with Crippen LogP contribution in [0.4, 0.5) is 0 Å². The van der Waals surface area contributed by atoms with Crippen molar-refractivity contribution in [2.24, 2.45) is 11.7 Å². The van der Waals surface area contributed by atoms with Crippen molar-refractivity contribution in [3.8, 4) is 0 Å². The van der Waals surface area contributed by atoms with Crippen molar-refractivity contribution in [2.75, 3.05) is 6.54 Å². The van der Waals surface area contributed by atoms with Crippen molar-refractivity contribution in [3.63, 3.8) is 0 Å². The molecule has 1 aromatic carbocycles. The van der Waals surface area contributed by atoms with Crippen LogP contribution < -0.4 is 11.1 Å². The molecule has 4 heteroatoms. The number of hydrogen-bond donors (Lipinski definition) is 2. The summed E-state index contributed by atoms with van der Waals surface area (Å²) in [7, 11) is 0. The number of nitrogens with two attached hydrogens (primary N) is 1. The lowest BCUT2D eigenvalue weighted by Crippen LogP contribution is -2.43. The van der Waals surface area contributed by atoms with E-state index in [0.717, 1.165) is 15.6 Å². The molecule has 0 bridgehead atoms. The third kappa shape index (κ3) is 2.54. The fourth-order valence-corrected chi connectivity index (χ4v) is 2.84. The zero-order chi connectivity index (χ0) is 13.1. The van der Waals surface area contributed by atoms with Gasteiger partial charge in [0.15, 0.2) is 0 Å². The zero-order valence-electron chi connectivity index (χ0n) is 10.6. The first-order valence-electron chi connectivity index (χ1n) is 6.10. The highest BCUT2D eigenvalue weighted by atomic mass is 32.1. The Morgan fingerprint density at radius 1 is 1.39 bits per heavy atom. The smallest absolute Gasteiger partial charge is 0.253 e. The molecule has 0 fully saturated rings. The Kier molecular flexibility index (Phi) is 3.99. The number of fused-ring (bicyclic) bond motifs is 1. The fourth-order valence-electron chi connectivity index (χ4n) is 1.90. The van der Waals surface area contributed by atoms with Crippen LogP contribution in [0.2, 0.25) is 0 Å². The van der Waals surface area contributed by atoms with E-state index in [0.29, 0.717) is 12.5 Å². The Bertz CT molecular complexity index is 547. The van der Waals surface area contributed by atoms with E-state index in [1.165, 1.54) is 0 Å². The Balaban J connectivity index is 2.23. The first-order valence-corrected chi connectivity index (χ1v) is 6.98. The molecule has 0 aliphatic rings. The number of nitrogens with one attached hydrogen (secondary N) is 1. The maximum absolute atomic E-state index is 12.2. The molecule has 1 atom stereocenters. The topological polar surface area (TPSA) is 55.1 Å². The molecule has 1 heterocycles. The molecule has 1 unspecified atom stereocenters. The van der Waals surface area contributed by atoms with Gasteiger partial charge in [0.25, 0.3) is 5.91 Å². The molecule has 0 saturated heterocycles. The van der Waals surface area contributed by atoms with Gasteiger partial charge in [0, 0.05) is 28.1 Å². The van der Waals surface area contributed by atoms with Crippen molar-refractivity contribution in [2.45, 2.75) is 19.9 Å². The molecule has 2 rings (SSSR count). The molecule has 0 spiro atoms. The highest BCUT2D eigenvalue weighted by Gasteiger charge is 2.17. The Morgan fingerprint density at radius 2 is 2.11 bits per heavy atom. The summed E-state index contributed by atoms with van der Waals surface area (Å²) in [6, 6.07) is 7.97. The molecule has 0 saturated carbocycles. The molecule has 1 amide bonds. The summed E-state index contributed by atoms with van der Waals surface area (Å²) in [5, 5.41) is 5.93. The molecule has 2 aromatic rings. The van der Waals surface area contributed by atoms with E-state index in [1.54, 1.807) is 11.3 Å². The van der Waals surface area contributed by atoms with Gasteiger partial charge in [0.2, 0.25) is 0 Å². The van der Waals surface area contributed by atoms with Gasteiger partial charge in [-0.25, -0.2) is 0 Å². The van der Waals surface area contributed by atoms with Crippen LogP contribution in [0, 0.1) is 5.92 Å². The summed E-state index contributed by atoms with van der Waals surface area (Å²) in [6.07, 6.45) is 0. The van der Waals surface area contributed by atoms with E-state index in [9.17, 15) is 4.79 Å². The van der Waals surface area contributed by atoms with Crippen LogP contribution in [0.15, 0.2) is 29.6 Å². The van der Waals surface area contributed by atoms with Gasteiger partial charge >= 0.3 is 0 Å². The van der Waals surface area contributed by atoms with Crippen LogP contribution in [-0.2, 0) is 0 Å². The number of amides is 1. The standard InChI is InChI=1S/C14H18N2OS/c1-9(2)12(7-15)16-14(17)11-8-18-13-6-4-3-5-10(11)13/h3-6,8-9,12H,7,15H2,1-2H3,(H,16,17). The molecule has 3 N–H and O–H groups in total. The van der Waals surface area contributed by atoms with Crippen molar-refractivity contribution in [3.05, 3.63) is 35.2 Å². The van der Waals surface area contributed by atoms with Gasteiger partial charge < -0.3 is 11.1 Å². The SMILES string of the molecule is CC(C)C(CN)NC(=O)c1csc2ccccc12. The summed E-state index contributed by atoms with van der Waals surface area (Å²) in [6.45, 7) is 4.58. The van der Waals surface area contributed by atoms with E-state index < -0.39 is 0 Å². The normalized spacial score (nSPS) is 12.9. The van der Waals surface area contributed by atoms with Gasteiger partial charge in [-0.3, -0.25) is 4.79 Å². The van der Waals surface area contributed by atoms with Gasteiger partial charge in [-0.1, -0.05) is 32.0 Å². The van der Waals surface area contributed by atoms with Crippen molar-refractivity contribution < 1.29 is 4.79 Å². The Morgan fingerprint density at radius 3 is 2.78 bits per heavy atom. The summed E-state index contributed by atoms with van der Waals surface area (Å²) in [5.41, 5.74) is 6.42. The second kappa shape index (κ2) is 5.50. The third-order valence-electron chi connectivity index (χ3n) is 3.10. The number of carbonyl (C=O) groups excluding carboxylic acids is 1. The molecular weight excluding hydrogens is 244 g/mol. The molecular formula is C14H18N2OS. The van der Waals surface area contributed by atoms with Gasteiger partial charge in [0.05, 0.1) is 5.56 Å². The van der Waals surface area contributed by atoms with Crippen LogP contribution in [0.5, 0.6) is 0 Å². The van der Waals surface area contributed by atoms with Crippen molar-refractivity contribution in [1.82, 2.24) is 5.32 Å². The second-order valence-corrected chi connectivity index (χ2v) is 5.62. The lowest BCUT2D eigenvalue weighted by Gasteiger charge is -2.20. The second-order valence-electron chi connectivity index (χ2n) is 4.71. The number of carbonyl (C=O) groups is 1. The van der Waals surface area contributed by atoms with Crippen LogP contribution >= 0.6 is 11.3 Å². The highest BCUT2D eigenvalue weighted by Crippen LogP contribution is 2.25. The molecule has 0 aliphatic heterocycles. The maximum atomic E-state index is 12.2. The monoisotopic (exact) mass is 262 g/mol. The quantitative estimate of drug-likeness (QED) is 0.890. The first-order chi connectivity index (χ1) is 8.63. The van der Waals surface area contributed by atoms with Crippen LogP contribution in [0.1, 0.15) is 24.2 Å². The minimum atomic E-state index is -0.0309. The van der Waals surface area contributed by atoms with E-state index in [-0.39, 0.29) is 11.9 Å². The number of rotatable bonds is 4. The van der Waals surface area contributed by atoms with Gasteiger partial charge in [-0.05, 0) is 12.0 Å². The Labute approximate surface area is 111 Å². The van der Waals surface area contributed by atoms with Gasteiger partial charge in [-0.15, -0.1) is 11.3 Å². The predicted octanol–water partition coefficient (Wildman–Crippen LogP) is 2.61. The average molecular weight is 262 g/mol. The van der Waals surface area contributed by atoms with Crippen molar-refractivity contribution >= 4 is 27.3 Å². The van der Waals surface area contributed by atoms with E-state index >= 15 is 0 Å². The van der Waals surface area contributed by atoms with Crippen LogP contribution in [0.25, 0.3) is 10.1 Å². The van der Waals surface area contributed by atoms with Crippen molar-refractivity contribution in [1.29, 1.82) is 0 Å². The number of benzene rings is 1. The van der Waals surface area contributed by atoms with Gasteiger partial charge in [0.1, 0.15) is 0 Å². The zero-order valence-corrected chi connectivity index (χ0v) is 11.5.